The van der Waals surface area contributed by atoms with Gasteiger partial charge in [0, 0.05) is 48.1 Å². The van der Waals surface area contributed by atoms with Crippen molar-refractivity contribution in [3.63, 3.8) is 0 Å². The van der Waals surface area contributed by atoms with Crippen LogP contribution in [0.5, 0.6) is 0 Å². The topological polar surface area (TPSA) is 93.1 Å². The molecule has 0 aliphatic carbocycles. The van der Waals surface area contributed by atoms with Gasteiger partial charge in [0.15, 0.2) is 5.78 Å². The first-order valence-electron chi connectivity index (χ1n) is 12.0. The van der Waals surface area contributed by atoms with E-state index in [1.54, 1.807) is 42.9 Å². The van der Waals surface area contributed by atoms with Crippen LogP contribution < -0.4 is 4.90 Å². The molecule has 2 amide bonds. The summed E-state index contributed by atoms with van der Waals surface area (Å²) in [5, 5.41) is -0.0838. The summed E-state index contributed by atoms with van der Waals surface area (Å²) < 4.78 is 0. The number of carbonyl (C=O) groups is 3. The minimum atomic E-state index is -0.560. The predicted molar refractivity (Wildman–Crippen MR) is 145 cm³/mol. The lowest BCUT2D eigenvalue weighted by molar-refractivity contribution is -0.120. The molecule has 1 aliphatic rings. The fraction of sp³-hybridized carbons (Fsp3) is 0.133. The van der Waals surface area contributed by atoms with Gasteiger partial charge in [-0.25, -0.2) is 14.9 Å². The molecule has 0 N–H and O–H groups in total. The number of aromatic nitrogens is 3. The van der Waals surface area contributed by atoms with E-state index in [1.165, 1.54) is 6.92 Å². The second-order valence-corrected chi connectivity index (χ2v) is 9.45. The molecular formula is C30H23ClN4O3. The Bertz CT molecular complexity index is 1570. The van der Waals surface area contributed by atoms with E-state index in [9.17, 15) is 14.4 Å². The molecule has 1 aliphatic heterocycles. The number of hydrogen-bond donors (Lipinski definition) is 0. The molecular weight excluding hydrogens is 500 g/mol. The molecule has 4 aromatic rings. The summed E-state index contributed by atoms with van der Waals surface area (Å²) in [6.45, 7) is 3.54. The quantitative estimate of drug-likeness (QED) is 0.243. The average Bonchev–Trinajstić information content (AvgIpc) is 3.13. The highest BCUT2D eigenvalue weighted by molar-refractivity contribution is 6.52. The summed E-state index contributed by atoms with van der Waals surface area (Å²) in [4.78, 5) is 52.0. The molecule has 0 saturated carbocycles. The van der Waals surface area contributed by atoms with E-state index in [-0.39, 0.29) is 22.8 Å². The molecule has 188 valence electrons. The largest absolute Gasteiger partial charge is 0.294 e. The molecule has 0 atom stereocenters. The van der Waals surface area contributed by atoms with E-state index in [0.29, 0.717) is 23.5 Å². The monoisotopic (exact) mass is 522 g/mol. The Hall–Kier alpha value is -4.49. The maximum atomic E-state index is 13.0. The number of amides is 2. The lowest BCUT2D eigenvalue weighted by atomic mass is 9.97. The summed E-state index contributed by atoms with van der Waals surface area (Å²) in [6.07, 6.45) is 5.97. The van der Waals surface area contributed by atoms with Crippen LogP contribution in [0.3, 0.4) is 0 Å². The van der Waals surface area contributed by atoms with Crippen molar-refractivity contribution in [1.82, 2.24) is 15.0 Å². The Kier molecular flexibility index (Phi) is 6.94. The van der Waals surface area contributed by atoms with Gasteiger partial charge in [0.25, 0.3) is 11.8 Å². The molecule has 0 unspecified atom stereocenters. The minimum Gasteiger partial charge on any atom is -0.294 e. The van der Waals surface area contributed by atoms with Gasteiger partial charge in [0.1, 0.15) is 10.9 Å². The van der Waals surface area contributed by atoms with Gasteiger partial charge in [-0.3, -0.25) is 19.4 Å². The highest BCUT2D eigenvalue weighted by atomic mass is 35.5. The first kappa shape index (κ1) is 25.2. The molecule has 8 heteroatoms. The van der Waals surface area contributed by atoms with Crippen LogP contribution in [0, 0.1) is 6.92 Å². The van der Waals surface area contributed by atoms with Crippen molar-refractivity contribution in [3.8, 4) is 11.3 Å². The summed E-state index contributed by atoms with van der Waals surface area (Å²) in [6, 6.07) is 18.0. The predicted octanol–water partition coefficient (Wildman–Crippen LogP) is 5.25. The van der Waals surface area contributed by atoms with Gasteiger partial charge >= 0.3 is 0 Å². The Balaban J connectivity index is 1.30. The van der Waals surface area contributed by atoms with E-state index >= 15 is 0 Å². The van der Waals surface area contributed by atoms with Gasteiger partial charge in [0.2, 0.25) is 0 Å². The zero-order valence-corrected chi connectivity index (χ0v) is 21.6. The van der Waals surface area contributed by atoms with E-state index in [4.69, 9.17) is 16.6 Å². The molecule has 0 radical (unpaired) electrons. The number of pyridine rings is 1. The third kappa shape index (κ3) is 5.01. The number of halogens is 1. The maximum Gasteiger partial charge on any atom is 0.277 e. The highest BCUT2D eigenvalue weighted by Gasteiger charge is 2.36. The molecule has 7 nitrogen and oxygen atoms in total. The Labute approximate surface area is 224 Å². The summed E-state index contributed by atoms with van der Waals surface area (Å²) in [5.74, 6) is -0.409. The Morgan fingerprint density at radius 2 is 1.74 bits per heavy atom. The molecule has 38 heavy (non-hydrogen) atoms. The van der Waals surface area contributed by atoms with Crippen LogP contribution in [0.1, 0.15) is 39.8 Å². The van der Waals surface area contributed by atoms with Gasteiger partial charge in [-0.1, -0.05) is 29.8 Å². The smallest absolute Gasteiger partial charge is 0.277 e. The highest BCUT2D eigenvalue weighted by Crippen LogP contribution is 2.29. The van der Waals surface area contributed by atoms with Crippen LogP contribution in [0.2, 0.25) is 0 Å². The third-order valence-electron chi connectivity index (χ3n) is 6.48. The number of nitrogens with zero attached hydrogens (tertiary/aromatic N) is 4. The zero-order valence-electron chi connectivity index (χ0n) is 20.8. The molecule has 0 fully saturated rings. The number of rotatable bonds is 7. The van der Waals surface area contributed by atoms with Crippen LogP contribution in [-0.2, 0) is 22.4 Å². The summed E-state index contributed by atoms with van der Waals surface area (Å²) in [7, 11) is 0. The second kappa shape index (κ2) is 10.5. The van der Waals surface area contributed by atoms with Crippen LogP contribution in [0.25, 0.3) is 11.3 Å². The van der Waals surface area contributed by atoms with Crippen LogP contribution >= 0.6 is 11.6 Å². The molecule has 0 bridgehead atoms. The fourth-order valence-electron chi connectivity index (χ4n) is 4.29. The van der Waals surface area contributed by atoms with E-state index in [0.717, 1.165) is 32.8 Å². The van der Waals surface area contributed by atoms with Crippen LogP contribution in [-0.4, -0.2) is 32.5 Å². The van der Waals surface area contributed by atoms with Crippen LogP contribution in [0.15, 0.2) is 89.9 Å². The van der Waals surface area contributed by atoms with Crippen molar-refractivity contribution in [2.24, 2.45) is 0 Å². The molecule has 2 aromatic heterocycles. The molecule has 2 aromatic carbocycles. The number of imide groups is 1. The van der Waals surface area contributed by atoms with Crippen molar-refractivity contribution in [3.05, 3.63) is 118 Å². The van der Waals surface area contributed by atoms with E-state index < -0.39 is 11.8 Å². The maximum absolute atomic E-state index is 13.0. The van der Waals surface area contributed by atoms with E-state index in [2.05, 4.69) is 9.97 Å². The van der Waals surface area contributed by atoms with Crippen molar-refractivity contribution in [2.45, 2.75) is 26.7 Å². The average molecular weight is 523 g/mol. The van der Waals surface area contributed by atoms with Crippen molar-refractivity contribution < 1.29 is 14.4 Å². The van der Waals surface area contributed by atoms with Crippen molar-refractivity contribution in [2.75, 3.05) is 4.90 Å². The SMILES string of the molecule is CC1=C(Cl)C(=O)N(c2ccc(C(=O)Cc3ccc(C)c(Cc4nccc(-c5cccnc5)n4)c3)cc2)C1=O. The standard InChI is InChI=1S/C30H23ClN4O3/c1-18-5-6-20(14-23(18)16-27-33-13-11-25(34-27)22-4-3-12-32-17-22)15-26(36)21-7-9-24(10-8-21)35-29(37)19(2)28(31)30(35)38/h3-14,17H,15-16H2,1-2H3. The summed E-state index contributed by atoms with van der Waals surface area (Å²) >= 11 is 5.94. The first-order valence-corrected chi connectivity index (χ1v) is 12.4. The summed E-state index contributed by atoms with van der Waals surface area (Å²) in [5.41, 5.74) is 5.80. The van der Waals surface area contributed by atoms with Gasteiger partial charge in [-0.05, 0) is 73.0 Å². The van der Waals surface area contributed by atoms with Crippen LogP contribution in [0.4, 0.5) is 5.69 Å². The van der Waals surface area contributed by atoms with Gasteiger partial charge in [-0.15, -0.1) is 0 Å². The van der Waals surface area contributed by atoms with Gasteiger partial charge in [-0.2, -0.15) is 0 Å². The number of carbonyl (C=O) groups excluding carboxylic acids is 3. The number of aryl methyl sites for hydroxylation is 1. The van der Waals surface area contributed by atoms with E-state index in [1.807, 2.05) is 43.3 Å². The fourth-order valence-corrected chi connectivity index (χ4v) is 4.45. The molecule has 5 rings (SSSR count). The minimum absolute atomic E-state index is 0.0763. The third-order valence-corrected chi connectivity index (χ3v) is 6.93. The number of Topliss-reactive ketones (excluding diaryl/α,β-unsaturated/α-hetero) is 1. The van der Waals surface area contributed by atoms with Crippen molar-refractivity contribution >= 4 is 34.9 Å². The number of hydrogen-bond acceptors (Lipinski definition) is 6. The number of ketones is 1. The van der Waals surface area contributed by atoms with Gasteiger partial charge in [0.05, 0.1) is 11.4 Å². The number of anilines is 1. The lowest BCUT2D eigenvalue weighted by Crippen LogP contribution is -2.31. The first-order chi connectivity index (χ1) is 18.3. The number of benzene rings is 2. The Morgan fingerprint density at radius 3 is 2.42 bits per heavy atom. The van der Waals surface area contributed by atoms with Crippen molar-refractivity contribution in [1.29, 1.82) is 0 Å². The molecule has 0 spiro atoms. The lowest BCUT2D eigenvalue weighted by Gasteiger charge is -2.15. The zero-order chi connectivity index (χ0) is 26.8. The second-order valence-electron chi connectivity index (χ2n) is 9.07. The van der Waals surface area contributed by atoms with Gasteiger partial charge < -0.3 is 0 Å². The molecule has 3 heterocycles. The normalized spacial score (nSPS) is 13.4. The molecule has 0 saturated heterocycles. The Morgan fingerprint density at radius 1 is 0.947 bits per heavy atom.